The summed E-state index contributed by atoms with van der Waals surface area (Å²) in [4.78, 5) is 0. The molecular formula is C24H27NO3. The molecule has 28 heavy (non-hydrogen) atoms. The molecule has 0 amide bonds. The molecule has 0 spiro atoms. The lowest BCUT2D eigenvalue weighted by atomic mass is 9.89. The Bertz CT molecular complexity index is 877. The van der Waals surface area contributed by atoms with E-state index < -0.39 is 11.6 Å². The monoisotopic (exact) mass is 377 g/mol. The third kappa shape index (κ3) is 4.91. The molecule has 0 saturated carbocycles. The van der Waals surface area contributed by atoms with E-state index in [-0.39, 0.29) is 0 Å². The minimum Gasteiger partial charge on any atom is -0.485 e. The predicted octanol–water partition coefficient (Wildman–Crippen LogP) is 4.40. The van der Waals surface area contributed by atoms with Gasteiger partial charge in [0.05, 0.1) is 0 Å². The second-order valence-electron chi connectivity index (χ2n) is 7.15. The van der Waals surface area contributed by atoms with Gasteiger partial charge < -0.3 is 20.3 Å². The Morgan fingerprint density at radius 2 is 1.32 bits per heavy atom. The second-order valence-corrected chi connectivity index (χ2v) is 7.15. The number of benzene rings is 3. The third-order valence-electron chi connectivity index (χ3n) is 4.89. The zero-order valence-electron chi connectivity index (χ0n) is 16.3. The van der Waals surface area contributed by atoms with E-state index in [4.69, 9.17) is 15.2 Å². The Morgan fingerprint density at radius 3 is 1.82 bits per heavy atom. The molecule has 3 N–H and O–H groups in total. The van der Waals surface area contributed by atoms with Gasteiger partial charge in [-0.05, 0) is 42.7 Å². The first-order chi connectivity index (χ1) is 13.5. The average Bonchev–Trinajstić information content (AvgIpc) is 2.72. The summed E-state index contributed by atoms with van der Waals surface area (Å²) in [6.07, 6.45) is 0. The first-order valence-electron chi connectivity index (χ1n) is 9.43. The topological polar surface area (TPSA) is 64.7 Å². The van der Waals surface area contributed by atoms with Crippen LogP contribution in [0.5, 0.6) is 11.5 Å². The zero-order valence-corrected chi connectivity index (χ0v) is 16.3. The van der Waals surface area contributed by atoms with Gasteiger partial charge in [-0.2, -0.15) is 0 Å². The van der Waals surface area contributed by atoms with E-state index in [2.05, 4.69) is 0 Å². The first-order valence-corrected chi connectivity index (χ1v) is 9.43. The van der Waals surface area contributed by atoms with Crippen molar-refractivity contribution in [2.24, 2.45) is 5.73 Å². The molecule has 0 fully saturated rings. The van der Waals surface area contributed by atoms with Crippen LogP contribution in [0.1, 0.15) is 30.5 Å². The largest absolute Gasteiger partial charge is 0.485 e. The Labute approximate surface area is 166 Å². The summed E-state index contributed by atoms with van der Waals surface area (Å²) < 4.78 is 12.1. The quantitative estimate of drug-likeness (QED) is 0.611. The van der Waals surface area contributed by atoms with Gasteiger partial charge in [0, 0.05) is 6.04 Å². The smallest absolute Gasteiger partial charge is 0.162 e. The van der Waals surface area contributed by atoms with E-state index >= 15 is 0 Å². The molecule has 0 saturated heterocycles. The second kappa shape index (κ2) is 8.91. The van der Waals surface area contributed by atoms with Crippen LogP contribution >= 0.6 is 0 Å². The Balaban J connectivity index is 1.84. The highest BCUT2D eigenvalue weighted by Crippen LogP contribution is 2.34. The van der Waals surface area contributed by atoms with Gasteiger partial charge in [0.25, 0.3) is 0 Å². The number of hydrogen-bond donors (Lipinski definition) is 2. The number of nitrogens with two attached hydrogens (primary N) is 1. The van der Waals surface area contributed by atoms with Crippen LogP contribution in [0.15, 0.2) is 78.9 Å². The molecule has 0 bridgehead atoms. The van der Waals surface area contributed by atoms with Crippen LogP contribution in [0.2, 0.25) is 0 Å². The summed E-state index contributed by atoms with van der Waals surface area (Å²) in [5.74, 6) is 1.21. The van der Waals surface area contributed by atoms with Crippen molar-refractivity contribution in [2.45, 2.75) is 38.7 Å². The van der Waals surface area contributed by atoms with Gasteiger partial charge in [0.1, 0.15) is 18.8 Å². The van der Waals surface area contributed by atoms with Crippen LogP contribution in [-0.4, -0.2) is 11.1 Å². The Kier molecular flexibility index (Phi) is 6.34. The van der Waals surface area contributed by atoms with Crippen molar-refractivity contribution in [3.8, 4) is 11.5 Å². The molecule has 3 aromatic rings. The number of rotatable bonds is 8. The van der Waals surface area contributed by atoms with E-state index in [1.165, 1.54) is 0 Å². The van der Waals surface area contributed by atoms with Crippen molar-refractivity contribution in [1.82, 2.24) is 0 Å². The van der Waals surface area contributed by atoms with Crippen molar-refractivity contribution in [3.63, 3.8) is 0 Å². The molecule has 3 rings (SSSR count). The molecule has 0 heterocycles. The lowest BCUT2D eigenvalue weighted by molar-refractivity contribution is 0.0345. The molecule has 0 radical (unpaired) electrons. The van der Waals surface area contributed by atoms with Crippen molar-refractivity contribution in [3.05, 3.63) is 95.6 Å². The predicted molar refractivity (Wildman–Crippen MR) is 111 cm³/mol. The van der Waals surface area contributed by atoms with Crippen LogP contribution in [0, 0.1) is 0 Å². The summed E-state index contributed by atoms with van der Waals surface area (Å²) in [6, 6.07) is 24.9. The summed E-state index contributed by atoms with van der Waals surface area (Å²) in [5.41, 5.74) is 7.63. The summed E-state index contributed by atoms with van der Waals surface area (Å²) in [5, 5.41) is 10.8. The van der Waals surface area contributed by atoms with E-state index in [1.807, 2.05) is 78.9 Å². The SMILES string of the molecule is CC(N)C(C)(O)c1ccc(OCc2ccccc2)c(OCc2ccccc2)c1. The summed E-state index contributed by atoms with van der Waals surface area (Å²) >= 11 is 0. The van der Waals surface area contributed by atoms with E-state index in [1.54, 1.807) is 13.8 Å². The van der Waals surface area contributed by atoms with Gasteiger partial charge in [0.15, 0.2) is 11.5 Å². The maximum absolute atomic E-state index is 10.8. The Morgan fingerprint density at radius 1 is 0.821 bits per heavy atom. The van der Waals surface area contributed by atoms with Crippen LogP contribution in [0.25, 0.3) is 0 Å². The zero-order chi connectivity index (χ0) is 20.0. The van der Waals surface area contributed by atoms with Crippen molar-refractivity contribution in [1.29, 1.82) is 0 Å². The number of ether oxygens (including phenoxy) is 2. The highest BCUT2D eigenvalue weighted by Gasteiger charge is 2.29. The molecule has 0 aromatic heterocycles. The van der Waals surface area contributed by atoms with E-state index in [9.17, 15) is 5.11 Å². The van der Waals surface area contributed by atoms with Gasteiger partial charge in [-0.1, -0.05) is 66.7 Å². The molecule has 146 valence electrons. The molecule has 4 nitrogen and oxygen atoms in total. The highest BCUT2D eigenvalue weighted by atomic mass is 16.5. The van der Waals surface area contributed by atoms with Crippen LogP contribution in [0.4, 0.5) is 0 Å². The maximum Gasteiger partial charge on any atom is 0.162 e. The number of aliphatic hydroxyl groups is 1. The highest BCUT2D eigenvalue weighted by molar-refractivity contribution is 5.45. The van der Waals surface area contributed by atoms with E-state index in [0.29, 0.717) is 30.3 Å². The van der Waals surface area contributed by atoms with Crippen LogP contribution in [0.3, 0.4) is 0 Å². The molecule has 2 unspecified atom stereocenters. The van der Waals surface area contributed by atoms with Crippen molar-refractivity contribution < 1.29 is 14.6 Å². The average molecular weight is 377 g/mol. The Hall–Kier alpha value is -2.82. The fraction of sp³-hybridized carbons (Fsp3) is 0.250. The maximum atomic E-state index is 10.8. The molecule has 0 aliphatic carbocycles. The lowest BCUT2D eigenvalue weighted by Gasteiger charge is -2.28. The number of hydrogen-bond acceptors (Lipinski definition) is 4. The van der Waals surface area contributed by atoms with E-state index in [0.717, 1.165) is 11.1 Å². The third-order valence-corrected chi connectivity index (χ3v) is 4.89. The van der Waals surface area contributed by atoms with Gasteiger partial charge in [-0.15, -0.1) is 0 Å². The van der Waals surface area contributed by atoms with Crippen LogP contribution < -0.4 is 15.2 Å². The lowest BCUT2D eigenvalue weighted by Crippen LogP contribution is -2.40. The van der Waals surface area contributed by atoms with Crippen LogP contribution in [-0.2, 0) is 18.8 Å². The standard InChI is InChI=1S/C24H27NO3/c1-18(25)24(2,26)21-13-14-22(27-16-19-9-5-3-6-10-19)23(15-21)28-17-20-11-7-4-8-12-20/h3-15,18,26H,16-17,25H2,1-2H3. The molecule has 0 aliphatic heterocycles. The fourth-order valence-electron chi connectivity index (χ4n) is 2.79. The van der Waals surface area contributed by atoms with Gasteiger partial charge in [-0.3, -0.25) is 0 Å². The first kappa shape index (κ1) is 19.9. The molecule has 4 heteroatoms. The van der Waals surface area contributed by atoms with Gasteiger partial charge >= 0.3 is 0 Å². The summed E-state index contributed by atoms with van der Waals surface area (Å²) in [7, 11) is 0. The molecule has 2 atom stereocenters. The molecule has 3 aromatic carbocycles. The van der Waals surface area contributed by atoms with Gasteiger partial charge in [0.2, 0.25) is 0 Å². The molecular weight excluding hydrogens is 350 g/mol. The van der Waals surface area contributed by atoms with Crippen molar-refractivity contribution >= 4 is 0 Å². The van der Waals surface area contributed by atoms with Crippen molar-refractivity contribution in [2.75, 3.05) is 0 Å². The minimum atomic E-state index is -1.16. The van der Waals surface area contributed by atoms with Gasteiger partial charge in [-0.25, -0.2) is 0 Å². The summed E-state index contributed by atoms with van der Waals surface area (Å²) in [6.45, 7) is 4.33. The minimum absolute atomic E-state index is 0.409. The fourth-order valence-corrected chi connectivity index (χ4v) is 2.79. The normalized spacial score (nSPS) is 14.1. The molecule has 0 aliphatic rings.